The van der Waals surface area contributed by atoms with Gasteiger partial charge in [0.1, 0.15) is 15.6 Å². The van der Waals surface area contributed by atoms with Gasteiger partial charge in [-0.2, -0.15) is 0 Å². The fourth-order valence-electron chi connectivity index (χ4n) is 1.97. The Labute approximate surface area is 142 Å². The molecule has 0 aliphatic heterocycles. The Hall–Kier alpha value is -2.43. The molecule has 0 aliphatic carbocycles. The number of nitrogens with zero attached hydrogens (tertiary/aromatic N) is 2. The van der Waals surface area contributed by atoms with E-state index < -0.39 is 36.5 Å². The molecule has 1 amide bonds. The zero-order valence-corrected chi connectivity index (χ0v) is 14.2. The number of benzene rings is 1. The first-order valence-corrected chi connectivity index (χ1v) is 8.37. The number of amides is 1. The normalized spacial score (nSPS) is 11.3. The van der Waals surface area contributed by atoms with E-state index in [-0.39, 0.29) is 5.69 Å². The van der Waals surface area contributed by atoms with Crippen LogP contribution in [0.3, 0.4) is 0 Å². The van der Waals surface area contributed by atoms with Crippen LogP contribution in [0.1, 0.15) is 16.1 Å². The second-order valence-electron chi connectivity index (χ2n) is 4.92. The molecule has 9 nitrogen and oxygen atoms in total. The fraction of sp³-hybridized carbons (Fsp3) is 0.154. The van der Waals surface area contributed by atoms with E-state index in [1.54, 1.807) is 19.3 Å². The van der Waals surface area contributed by atoms with Gasteiger partial charge in [-0.15, -0.1) is 4.83 Å². The number of aryl methyl sites for hydroxylation is 2. The van der Waals surface area contributed by atoms with E-state index in [0.29, 0.717) is 5.56 Å². The second kappa shape index (κ2) is 6.59. The van der Waals surface area contributed by atoms with Gasteiger partial charge in [0.25, 0.3) is 21.6 Å². The first-order chi connectivity index (χ1) is 11.1. The maximum absolute atomic E-state index is 12.3. The summed E-state index contributed by atoms with van der Waals surface area (Å²) < 4.78 is 26.1. The average molecular weight is 373 g/mol. The Bertz CT molecular complexity index is 922. The van der Waals surface area contributed by atoms with Gasteiger partial charge in [-0.3, -0.25) is 20.3 Å². The molecule has 0 saturated carbocycles. The van der Waals surface area contributed by atoms with Gasteiger partial charge in [0.05, 0.1) is 4.92 Å². The van der Waals surface area contributed by atoms with E-state index in [1.807, 2.05) is 10.3 Å². The van der Waals surface area contributed by atoms with E-state index >= 15 is 0 Å². The van der Waals surface area contributed by atoms with Crippen LogP contribution >= 0.6 is 11.6 Å². The summed E-state index contributed by atoms with van der Waals surface area (Å²) in [5.74, 6) is -0.690. The van der Waals surface area contributed by atoms with Crippen LogP contribution in [0.15, 0.2) is 35.4 Å². The molecule has 128 valence electrons. The van der Waals surface area contributed by atoms with Gasteiger partial charge in [0.15, 0.2) is 0 Å². The van der Waals surface area contributed by atoms with E-state index in [1.165, 1.54) is 23.6 Å². The van der Waals surface area contributed by atoms with Crippen LogP contribution < -0.4 is 10.3 Å². The lowest BCUT2D eigenvalue weighted by atomic mass is 10.2. The lowest BCUT2D eigenvalue weighted by Crippen LogP contribution is -2.42. The van der Waals surface area contributed by atoms with Crippen LogP contribution in [0.25, 0.3) is 0 Å². The minimum atomic E-state index is -4.30. The highest BCUT2D eigenvalue weighted by molar-refractivity contribution is 7.89. The third-order valence-corrected chi connectivity index (χ3v) is 4.91. The number of nitro groups is 1. The van der Waals surface area contributed by atoms with E-state index in [4.69, 9.17) is 11.6 Å². The smallest absolute Gasteiger partial charge is 0.289 e. The van der Waals surface area contributed by atoms with Crippen molar-refractivity contribution in [2.45, 2.75) is 11.8 Å². The minimum Gasteiger partial charge on any atom is -0.347 e. The highest BCUT2D eigenvalue weighted by Crippen LogP contribution is 2.32. The van der Waals surface area contributed by atoms with Crippen molar-refractivity contribution in [3.8, 4) is 0 Å². The van der Waals surface area contributed by atoms with Crippen molar-refractivity contribution in [2.24, 2.45) is 7.05 Å². The number of nitro benzene ring substituents is 1. The van der Waals surface area contributed by atoms with Gasteiger partial charge in [0.2, 0.25) is 0 Å². The molecule has 24 heavy (non-hydrogen) atoms. The molecule has 0 radical (unpaired) electrons. The van der Waals surface area contributed by atoms with Crippen LogP contribution in [-0.2, 0) is 17.1 Å². The summed E-state index contributed by atoms with van der Waals surface area (Å²) in [6.45, 7) is 1.49. The molecule has 1 aromatic carbocycles. The Balaban J connectivity index is 2.30. The van der Waals surface area contributed by atoms with Crippen molar-refractivity contribution in [1.29, 1.82) is 0 Å². The topological polar surface area (TPSA) is 123 Å². The van der Waals surface area contributed by atoms with Gasteiger partial charge in [0, 0.05) is 19.3 Å². The Morgan fingerprint density at radius 2 is 2.04 bits per heavy atom. The average Bonchev–Trinajstić information content (AvgIpc) is 2.92. The molecule has 11 heteroatoms. The third-order valence-electron chi connectivity index (χ3n) is 3.13. The van der Waals surface area contributed by atoms with Gasteiger partial charge in [-0.1, -0.05) is 11.6 Å². The summed E-state index contributed by atoms with van der Waals surface area (Å²) in [4.78, 5) is 23.5. The van der Waals surface area contributed by atoms with Gasteiger partial charge < -0.3 is 4.57 Å². The number of halogens is 1. The number of sulfonamides is 1. The first kappa shape index (κ1) is 17.9. The van der Waals surface area contributed by atoms with Gasteiger partial charge in [-0.05, 0) is 30.7 Å². The Kier molecular flexibility index (Phi) is 4.92. The molecular weight excluding hydrogens is 360 g/mol. The summed E-state index contributed by atoms with van der Waals surface area (Å²) in [7, 11) is -2.68. The molecule has 0 aliphatic rings. The summed E-state index contributed by atoms with van der Waals surface area (Å²) >= 11 is 5.82. The molecule has 0 atom stereocenters. The minimum absolute atomic E-state index is 0.221. The largest absolute Gasteiger partial charge is 0.347 e. The number of carbonyl (C=O) groups excluding carboxylic acids is 1. The second-order valence-corrected chi connectivity index (χ2v) is 6.95. The highest BCUT2D eigenvalue weighted by Gasteiger charge is 2.26. The maximum atomic E-state index is 12.3. The van der Waals surface area contributed by atoms with E-state index in [2.05, 4.69) is 0 Å². The zero-order chi connectivity index (χ0) is 18.1. The monoisotopic (exact) mass is 372 g/mol. The number of rotatable bonds is 5. The maximum Gasteiger partial charge on any atom is 0.289 e. The number of aromatic nitrogens is 1. The quantitative estimate of drug-likeness (QED) is 0.608. The number of hydrogen-bond donors (Lipinski definition) is 2. The predicted molar refractivity (Wildman–Crippen MR) is 86.0 cm³/mol. The number of hydrogen-bond acceptors (Lipinski definition) is 5. The summed E-state index contributed by atoms with van der Waals surface area (Å²) in [5.41, 5.74) is 2.05. The molecule has 2 aromatic rings. The lowest BCUT2D eigenvalue weighted by Gasteiger charge is -2.11. The standard InChI is InChI=1S/C13H13ClN4O5S/c1-8-6-10(18(20)21)12(14)11(7-8)24(22,23)16-15-13(19)9-4-3-5-17(9)2/h3-7,16H,1-2H3,(H,15,19). The molecule has 1 heterocycles. The molecule has 2 N–H and O–H groups in total. The Morgan fingerprint density at radius 3 is 2.58 bits per heavy atom. The molecule has 0 bridgehead atoms. The highest BCUT2D eigenvalue weighted by atomic mass is 35.5. The lowest BCUT2D eigenvalue weighted by molar-refractivity contribution is -0.385. The SMILES string of the molecule is Cc1cc([N+](=O)[O-])c(Cl)c(S(=O)(=O)NNC(=O)c2cccn2C)c1. The summed E-state index contributed by atoms with van der Waals surface area (Å²) in [6, 6.07) is 5.44. The van der Waals surface area contributed by atoms with Crippen LogP contribution in [0, 0.1) is 17.0 Å². The van der Waals surface area contributed by atoms with Crippen LogP contribution in [0.5, 0.6) is 0 Å². The molecular formula is C13H13ClN4O5S. The van der Waals surface area contributed by atoms with Crippen molar-refractivity contribution in [1.82, 2.24) is 14.8 Å². The van der Waals surface area contributed by atoms with Crippen LogP contribution in [0.4, 0.5) is 5.69 Å². The molecule has 0 fully saturated rings. The molecule has 0 spiro atoms. The summed E-state index contributed by atoms with van der Waals surface area (Å²) in [5, 5.41) is 10.4. The van der Waals surface area contributed by atoms with Crippen LogP contribution in [-0.4, -0.2) is 23.8 Å². The molecule has 0 unspecified atom stereocenters. The van der Waals surface area contributed by atoms with Crippen LogP contribution in [0.2, 0.25) is 5.02 Å². The number of carbonyl (C=O) groups is 1. The number of hydrazine groups is 1. The van der Waals surface area contributed by atoms with Crippen molar-refractivity contribution < 1.29 is 18.1 Å². The third kappa shape index (κ3) is 3.55. The summed E-state index contributed by atoms with van der Waals surface area (Å²) in [6.07, 6.45) is 1.62. The molecule has 1 aromatic heterocycles. The van der Waals surface area contributed by atoms with Crippen molar-refractivity contribution in [3.05, 3.63) is 56.9 Å². The van der Waals surface area contributed by atoms with Crippen molar-refractivity contribution in [2.75, 3.05) is 0 Å². The van der Waals surface area contributed by atoms with Gasteiger partial charge >= 0.3 is 0 Å². The number of nitrogens with one attached hydrogen (secondary N) is 2. The zero-order valence-electron chi connectivity index (χ0n) is 12.6. The van der Waals surface area contributed by atoms with Crippen molar-refractivity contribution >= 4 is 33.2 Å². The van der Waals surface area contributed by atoms with E-state index in [9.17, 15) is 23.3 Å². The molecule has 0 saturated heterocycles. The first-order valence-electron chi connectivity index (χ1n) is 6.51. The molecule has 2 rings (SSSR count). The fourth-order valence-corrected chi connectivity index (χ4v) is 3.48. The van der Waals surface area contributed by atoms with Crippen molar-refractivity contribution in [3.63, 3.8) is 0 Å². The van der Waals surface area contributed by atoms with Gasteiger partial charge in [-0.25, -0.2) is 8.42 Å². The Morgan fingerprint density at radius 1 is 1.38 bits per heavy atom. The van der Waals surface area contributed by atoms with E-state index in [0.717, 1.165) is 6.07 Å². The predicted octanol–water partition coefficient (Wildman–Crippen LogP) is 1.52.